The van der Waals surface area contributed by atoms with E-state index in [1.165, 1.54) is 11.8 Å². The third-order valence-corrected chi connectivity index (χ3v) is 3.68. The fourth-order valence-electron chi connectivity index (χ4n) is 1.60. The van der Waals surface area contributed by atoms with Gasteiger partial charge in [-0.1, -0.05) is 17.8 Å². The Balaban J connectivity index is 2.50. The van der Waals surface area contributed by atoms with Crippen LogP contribution in [0.1, 0.15) is 32.7 Å². The van der Waals surface area contributed by atoms with Crippen LogP contribution >= 0.6 is 11.8 Å². The summed E-state index contributed by atoms with van der Waals surface area (Å²) >= 11 is 1.23. The maximum atomic E-state index is 11.8. The molecule has 0 aliphatic rings. The molecule has 1 unspecified atom stereocenters. The quantitative estimate of drug-likeness (QED) is 0.529. The van der Waals surface area contributed by atoms with E-state index in [-0.39, 0.29) is 17.7 Å². The monoisotopic (exact) mass is 312 g/mol. The van der Waals surface area contributed by atoms with Gasteiger partial charge in [0.15, 0.2) is 5.16 Å². The summed E-state index contributed by atoms with van der Waals surface area (Å²) < 4.78 is 1.85. The van der Waals surface area contributed by atoms with Gasteiger partial charge < -0.3 is 15.0 Å². The average Bonchev–Trinajstić information content (AvgIpc) is 2.89. The van der Waals surface area contributed by atoms with Gasteiger partial charge in [0, 0.05) is 6.04 Å². The summed E-state index contributed by atoms with van der Waals surface area (Å²) in [5.41, 5.74) is 0. The summed E-state index contributed by atoms with van der Waals surface area (Å²) in [7, 11) is 0. The molecular formula is C13H20N4O3S. The number of amides is 1. The molecule has 0 aromatic carbocycles. The van der Waals surface area contributed by atoms with Crippen molar-refractivity contribution in [3.8, 4) is 0 Å². The smallest absolute Gasteiger partial charge is 0.326 e. The largest absolute Gasteiger partial charge is 0.480 e. The molecule has 1 aromatic heterocycles. The number of carbonyl (C=O) groups excluding carboxylic acids is 1. The molecule has 1 rings (SSSR count). The number of thioether (sulfide) groups is 1. The number of carboxylic acids is 1. The van der Waals surface area contributed by atoms with Gasteiger partial charge in [-0.25, -0.2) is 4.79 Å². The predicted molar refractivity (Wildman–Crippen MR) is 80.1 cm³/mol. The molecule has 0 bridgehead atoms. The van der Waals surface area contributed by atoms with Crippen LogP contribution in [-0.2, 0) is 9.59 Å². The second-order valence-corrected chi connectivity index (χ2v) is 5.67. The van der Waals surface area contributed by atoms with Gasteiger partial charge in [0.2, 0.25) is 5.91 Å². The van der Waals surface area contributed by atoms with Crippen LogP contribution in [0.5, 0.6) is 0 Å². The van der Waals surface area contributed by atoms with Gasteiger partial charge in [0.05, 0.1) is 5.75 Å². The number of hydrogen-bond donors (Lipinski definition) is 2. The number of carboxylic acid groups (broad SMARTS) is 1. The summed E-state index contributed by atoms with van der Waals surface area (Å²) in [5.74, 6) is -1.28. The molecule has 8 heteroatoms. The minimum atomic E-state index is -1.04. The van der Waals surface area contributed by atoms with Crippen molar-refractivity contribution in [3.63, 3.8) is 0 Å². The summed E-state index contributed by atoms with van der Waals surface area (Å²) in [6.07, 6.45) is 4.10. The van der Waals surface area contributed by atoms with E-state index in [0.717, 1.165) is 0 Å². The Bertz CT molecular complexity index is 501. The van der Waals surface area contributed by atoms with Crippen molar-refractivity contribution in [1.29, 1.82) is 0 Å². The Hall–Kier alpha value is -1.83. The van der Waals surface area contributed by atoms with Crippen molar-refractivity contribution in [2.45, 2.75) is 43.9 Å². The molecule has 21 heavy (non-hydrogen) atoms. The molecule has 1 aromatic rings. The van der Waals surface area contributed by atoms with Crippen LogP contribution in [0.4, 0.5) is 0 Å². The first-order valence-electron chi connectivity index (χ1n) is 6.61. The first kappa shape index (κ1) is 17.2. The number of rotatable bonds is 9. The second kappa shape index (κ2) is 8.46. The molecule has 0 radical (unpaired) electrons. The van der Waals surface area contributed by atoms with Crippen molar-refractivity contribution in [2.24, 2.45) is 0 Å². The number of carbonyl (C=O) groups is 2. The SMILES string of the molecule is C=CCCC(NC(=O)CSc1nncn1C(C)C)C(=O)O. The van der Waals surface area contributed by atoms with E-state index in [0.29, 0.717) is 18.0 Å². The predicted octanol–water partition coefficient (Wildman–Crippen LogP) is 1.49. The Morgan fingerprint density at radius 1 is 1.57 bits per heavy atom. The van der Waals surface area contributed by atoms with Crippen LogP contribution in [0.15, 0.2) is 24.1 Å². The van der Waals surface area contributed by atoms with Crippen molar-refractivity contribution >= 4 is 23.6 Å². The maximum Gasteiger partial charge on any atom is 0.326 e. The van der Waals surface area contributed by atoms with Crippen molar-refractivity contribution < 1.29 is 14.7 Å². The van der Waals surface area contributed by atoms with E-state index in [2.05, 4.69) is 22.1 Å². The zero-order valence-electron chi connectivity index (χ0n) is 12.2. The van der Waals surface area contributed by atoms with Crippen LogP contribution in [0.2, 0.25) is 0 Å². The molecule has 1 amide bonds. The minimum Gasteiger partial charge on any atom is -0.480 e. The molecule has 0 fully saturated rings. The fraction of sp³-hybridized carbons (Fsp3) is 0.538. The molecule has 0 spiro atoms. The topological polar surface area (TPSA) is 97.1 Å². The molecule has 0 aliphatic heterocycles. The van der Waals surface area contributed by atoms with E-state index in [9.17, 15) is 9.59 Å². The summed E-state index contributed by atoms with van der Waals surface area (Å²) in [6.45, 7) is 7.52. The average molecular weight is 312 g/mol. The highest BCUT2D eigenvalue weighted by Gasteiger charge is 2.19. The van der Waals surface area contributed by atoms with Crippen molar-refractivity contribution in [3.05, 3.63) is 19.0 Å². The number of aromatic nitrogens is 3. The minimum absolute atomic E-state index is 0.100. The van der Waals surface area contributed by atoms with Gasteiger partial charge in [-0.2, -0.15) is 0 Å². The Labute approximate surface area is 127 Å². The zero-order chi connectivity index (χ0) is 15.8. The third-order valence-electron chi connectivity index (χ3n) is 2.72. The van der Waals surface area contributed by atoms with E-state index in [1.54, 1.807) is 12.4 Å². The van der Waals surface area contributed by atoms with Crippen LogP contribution < -0.4 is 5.32 Å². The Morgan fingerprint density at radius 3 is 2.86 bits per heavy atom. The van der Waals surface area contributed by atoms with Gasteiger partial charge in [-0.3, -0.25) is 4.79 Å². The van der Waals surface area contributed by atoms with Crippen LogP contribution in [0, 0.1) is 0 Å². The first-order valence-corrected chi connectivity index (χ1v) is 7.59. The van der Waals surface area contributed by atoms with Gasteiger partial charge >= 0.3 is 5.97 Å². The Kier molecular flexibility index (Phi) is 6.93. The number of aliphatic carboxylic acids is 1. The van der Waals surface area contributed by atoms with E-state index in [4.69, 9.17) is 5.11 Å². The molecule has 7 nitrogen and oxygen atoms in total. The lowest BCUT2D eigenvalue weighted by Gasteiger charge is -2.13. The summed E-state index contributed by atoms with van der Waals surface area (Å²) in [6, 6.07) is -0.691. The molecule has 2 N–H and O–H groups in total. The van der Waals surface area contributed by atoms with Crippen LogP contribution in [0.25, 0.3) is 0 Å². The summed E-state index contributed by atoms with van der Waals surface area (Å²) in [4.78, 5) is 22.9. The number of nitrogens with one attached hydrogen (secondary N) is 1. The van der Waals surface area contributed by atoms with Crippen LogP contribution in [-0.4, -0.2) is 43.5 Å². The molecule has 116 valence electrons. The normalized spacial score (nSPS) is 12.1. The molecule has 0 saturated carbocycles. The molecule has 0 aliphatic carbocycles. The standard InChI is InChI=1S/C13H20N4O3S/c1-4-5-6-10(12(19)20)15-11(18)7-21-13-16-14-8-17(13)9(2)3/h4,8-10H,1,5-7H2,2-3H3,(H,15,18)(H,19,20). The van der Waals surface area contributed by atoms with Crippen molar-refractivity contribution in [1.82, 2.24) is 20.1 Å². The van der Waals surface area contributed by atoms with Crippen molar-refractivity contribution in [2.75, 3.05) is 5.75 Å². The van der Waals surface area contributed by atoms with Crippen LogP contribution in [0.3, 0.4) is 0 Å². The molecule has 1 heterocycles. The van der Waals surface area contributed by atoms with E-state index < -0.39 is 12.0 Å². The number of allylic oxidation sites excluding steroid dienone is 1. The zero-order valence-corrected chi connectivity index (χ0v) is 13.0. The highest BCUT2D eigenvalue weighted by atomic mass is 32.2. The van der Waals surface area contributed by atoms with Gasteiger partial charge in [0.25, 0.3) is 0 Å². The van der Waals surface area contributed by atoms with E-state index >= 15 is 0 Å². The lowest BCUT2D eigenvalue weighted by Crippen LogP contribution is -2.41. The lowest BCUT2D eigenvalue weighted by molar-refractivity contribution is -0.141. The molecule has 0 saturated heterocycles. The fourth-order valence-corrected chi connectivity index (χ4v) is 2.45. The highest BCUT2D eigenvalue weighted by molar-refractivity contribution is 7.99. The maximum absolute atomic E-state index is 11.8. The highest BCUT2D eigenvalue weighted by Crippen LogP contribution is 2.18. The molecular weight excluding hydrogens is 292 g/mol. The summed E-state index contributed by atoms with van der Waals surface area (Å²) in [5, 5.41) is 19.9. The van der Waals surface area contributed by atoms with Gasteiger partial charge in [0.1, 0.15) is 12.4 Å². The number of nitrogens with zero attached hydrogens (tertiary/aromatic N) is 3. The second-order valence-electron chi connectivity index (χ2n) is 4.73. The number of hydrogen-bond acceptors (Lipinski definition) is 5. The Morgan fingerprint density at radius 2 is 2.29 bits per heavy atom. The first-order chi connectivity index (χ1) is 9.95. The third kappa shape index (κ3) is 5.58. The van der Waals surface area contributed by atoms with Gasteiger partial charge in [-0.05, 0) is 26.7 Å². The van der Waals surface area contributed by atoms with Gasteiger partial charge in [-0.15, -0.1) is 16.8 Å². The lowest BCUT2D eigenvalue weighted by atomic mass is 10.1. The van der Waals surface area contributed by atoms with E-state index in [1.807, 2.05) is 18.4 Å². The molecule has 1 atom stereocenters.